The zero-order chi connectivity index (χ0) is 13.1. The molecular formula is C11H22N2O3. The van der Waals surface area contributed by atoms with E-state index in [2.05, 4.69) is 5.32 Å². The molecule has 0 aromatic heterocycles. The van der Waals surface area contributed by atoms with Crippen LogP contribution in [0.3, 0.4) is 0 Å². The molecule has 0 rings (SSSR count). The first-order chi connectivity index (χ1) is 7.07. The first kappa shape index (κ1) is 14.7. The van der Waals surface area contributed by atoms with E-state index in [1.165, 1.54) is 11.8 Å². The molecule has 16 heavy (non-hydrogen) atoms. The normalized spacial score (nSPS) is 15.1. The van der Waals surface area contributed by atoms with Crippen LogP contribution in [0.5, 0.6) is 0 Å². The van der Waals surface area contributed by atoms with Gasteiger partial charge in [0.15, 0.2) is 0 Å². The SMILES string of the molecule is CC(N(C)C(=O)N[C@H](C)C(=O)O)C(C)(C)C. The summed E-state index contributed by atoms with van der Waals surface area (Å²) in [5.41, 5.74) is -0.0431. The first-order valence-electron chi connectivity index (χ1n) is 5.33. The Morgan fingerprint density at radius 3 is 2.00 bits per heavy atom. The van der Waals surface area contributed by atoms with Crippen molar-refractivity contribution >= 4 is 12.0 Å². The maximum absolute atomic E-state index is 11.7. The molecule has 0 radical (unpaired) electrons. The van der Waals surface area contributed by atoms with E-state index in [4.69, 9.17) is 5.11 Å². The maximum atomic E-state index is 11.7. The summed E-state index contributed by atoms with van der Waals surface area (Å²) in [6, 6.07) is -1.21. The van der Waals surface area contributed by atoms with Gasteiger partial charge in [-0.15, -0.1) is 0 Å². The van der Waals surface area contributed by atoms with Crippen LogP contribution in [-0.2, 0) is 4.79 Å². The lowest BCUT2D eigenvalue weighted by Gasteiger charge is -2.35. The largest absolute Gasteiger partial charge is 0.480 e. The van der Waals surface area contributed by atoms with Gasteiger partial charge in [-0.05, 0) is 19.3 Å². The number of hydrogen-bond donors (Lipinski definition) is 2. The number of nitrogens with one attached hydrogen (secondary N) is 1. The third-order valence-corrected chi connectivity index (χ3v) is 2.87. The summed E-state index contributed by atoms with van der Waals surface area (Å²) < 4.78 is 0. The van der Waals surface area contributed by atoms with E-state index in [0.717, 1.165) is 0 Å². The number of carbonyl (C=O) groups is 2. The van der Waals surface area contributed by atoms with E-state index < -0.39 is 12.0 Å². The molecule has 0 fully saturated rings. The number of aliphatic carboxylic acids is 1. The Bertz CT molecular complexity index is 271. The second-order valence-electron chi connectivity index (χ2n) is 5.16. The molecule has 0 saturated heterocycles. The van der Waals surface area contributed by atoms with E-state index in [1.807, 2.05) is 27.7 Å². The third-order valence-electron chi connectivity index (χ3n) is 2.87. The highest BCUT2D eigenvalue weighted by Crippen LogP contribution is 2.22. The van der Waals surface area contributed by atoms with E-state index in [9.17, 15) is 9.59 Å². The van der Waals surface area contributed by atoms with Crippen molar-refractivity contribution in [3.63, 3.8) is 0 Å². The van der Waals surface area contributed by atoms with Gasteiger partial charge in [0, 0.05) is 13.1 Å². The van der Waals surface area contributed by atoms with Crippen LogP contribution in [0.2, 0.25) is 0 Å². The van der Waals surface area contributed by atoms with Crippen molar-refractivity contribution in [2.24, 2.45) is 5.41 Å². The number of amides is 2. The Kier molecular flexibility index (Phi) is 4.78. The topological polar surface area (TPSA) is 69.6 Å². The molecule has 2 amide bonds. The van der Waals surface area contributed by atoms with Gasteiger partial charge >= 0.3 is 12.0 Å². The second kappa shape index (κ2) is 5.18. The standard InChI is InChI=1S/C11H22N2O3/c1-7(9(14)15)12-10(16)13(6)8(2)11(3,4)5/h7-8H,1-6H3,(H,12,16)(H,14,15)/t7-,8?/m1/s1. The van der Waals surface area contributed by atoms with Crippen molar-refractivity contribution in [1.29, 1.82) is 0 Å². The minimum Gasteiger partial charge on any atom is -0.480 e. The Morgan fingerprint density at radius 2 is 1.69 bits per heavy atom. The number of carbonyl (C=O) groups excluding carboxylic acids is 1. The summed E-state index contributed by atoms with van der Waals surface area (Å²) in [5, 5.41) is 11.1. The van der Waals surface area contributed by atoms with Crippen LogP contribution in [0.1, 0.15) is 34.6 Å². The number of rotatable bonds is 3. The number of carboxylic acid groups (broad SMARTS) is 1. The lowest BCUT2D eigenvalue weighted by Crippen LogP contribution is -2.51. The molecule has 0 spiro atoms. The number of carboxylic acids is 1. The lowest BCUT2D eigenvalue weighted by atomic mass is 9.87. The van der Waals surface area contributed by atoms with Crippen molar-refractivity contribution in [1.82, 2.24) is 10.2 Å². The highest BCUT2D eigenvalue weighted by Gasteiger charge is 2.28. The van der Waals surface area contributed by atoms with Crippen LogP contribution >= 0.6 is 0 Å². The summed E-state index contributed by atoms with van der Waals surface area (Å²) in [6.07, 6.45) is 0. The van der Waals surface area contributed by atoms with E-state index in [0.29, 0.717) is 0 Å². The predicted octanol–water partition coefficient (Wildman–Crippen LogP) is 1.54. The van der Waals surface area contributed by atoms with Crippen LogP contribution in [0.25, 0.3) is 0 Å². The number of hydrogen-bond acceptors (Lipinski definition) is 2. The second-order valence-corrected chi connectivity index (χ2v) is 5.16. The highest BCUT2D eigenvalue weighted by molar-refractivity contribution is 5.82. The minimum absolute atomic E-state index is 0.0218. The van der Waals surface area contributed by atoms with Crippen LogP contribution in [0, 0.1) is 5.41 Å². The van der Waals surface area contributed by atoms with E-state index in [-0.39, 0.29) is 17.5 Å². The molecule has 5 nitrogen and oxygen atoms in total. The fraction of sp³-hybridized carbons (Fsp3) is 0.818. The molecular weight excluding hydrogens is 208 g/mol. The number of urea groups is 1. The molecule has 1 unspecified atom stereocenters. The van der Waals surface area contributed by atoms with Crippen molar-refractivity contribution in [3.05, 3.63) is 0 Å². The first-order valence-corrected chi connectivity index (χ1v) is 5.33. The summed E-state index contributed by atoms with van der Waals surface area (Å²) in [7, 11) is 1.67. The summed E-state index contributed by atoms with van der Waals surface area (Å²) in [6.45, 7) is 9.47. The van der Waals surface area contributed by atoms with Crippen LogP contribution < -0.4 is 5.32 Å². The van der Waals surface area contributed by atoms with Crippen molar-refractivity contribution in [3.8, 4) is 0 Å². The Labute approximate surface area is 96.8 Å². The van der Waals surface area contributed by atoms with Gasteiger partial charge in [0.1, 0.15) is 6.04 Å². The fourth-order valence-electron chi connectivity index (χ4n) is 1.11. The number of nitrogens with zero attached hydrogens (tertiary/aromatic N) is 1. The van der Waals surface area contributed by atoms with Crippen LogP contribution in [-0.4, -0.2) is 41.1 Å². The zero-order valence-electron chi connectivity index (χ0n) is 10.9. The van der Waals surface area contributed by atoms with Gasteiger partial charge in [-0.2, -0.15) is 0 Å². The van der Waals surface area contributed by atoms with Crippen molar-refractivity contribution < 1.29 is 14.7 Å². The highest BCUT2D eigenvalue weighted by atomic mass is 16.4. The summed E-state index contributed by atoms with van der Waals surface area (Å²) >= 11 is 0. The molecule has 2 N–H and O–H groups in total. The smallest absolute Gasteiger partial charge is 0.325 e. The molecule has 0 aliphatic rings. The minimum atomic E-state index is -1.04. The monoisotopic (exact) mass is 230 g/mol. The average Bonchev–Trinajstić information content (AvgIpc) is 2.13. The molecule has 0 aliphatic carbocycles. The molecule has 0 aliphatic heterocycles. The lowest BCUT2D eigenvalue weighted by molar-refractivity contribution is -0.138. The van der Waals surface area contributed by atoms with Crippen LogP contribution in [0.15, 0.2) is 0 Å². The van der Waals surface area contributed by atoms with Crippen molar-refractivity contribution in [2.75, 3.05) is 7.05 Å². The van der Waals surface area contributed by atoms with Gasteiger partial charge < -0.3 is 15.3 Å². The zero-order valence-corrected chi connectivity index (χ0v) is 10.9. The predicted molar refractivity (Wildman–Crippen MR) is 62.3 cm³/mol. The molecule has 94 valence electrons. The fourth-order valence-corrected chi connectivity index (χ4v) is 1.11. The Hall–Kier alpha value is -1.26. The van der Waals surface area contributed by atoms with Gasteiger partial charge in [0.25, 0.3) is 0 Å². The maximum Gasteiger partial charge on any atom is 0.325 e. The van der Waals surface area contributed by atoms with Gasteiger partial charge in [-0.3, -0.25) is 4.79 Å². The van der Waals surface area contributed by atoms with Gasteiger partial charge in [0.2, 0.25) is 0 Å². The molecule has 0 bridgehead atoms. The van der Waals surface area contributed by atoms with Crippen LogP contribution in [0.4, 0.5) is 4.79 Å². The molecule has 0 aromatic carbocycles. The van der Waals surface area contributed by atoms with E-state index in [1.54, 1.807) is 7.05 Å². The average molecular weight is 230 g/mol. The Morgan fingerprint density at radius 1 is 1.25 bits per heavy atom. The van der Waals surface area contributed by atoms with E-state index >= 15 is 0 Å². The Balaban J connectivity index is 4.46. The summed E-state index contributed by atoms with van der Waals surface area (Å²) in [5.74, 6) is -1.04. The van der Waals surface area contributed by atoms with Gasteiger partial charge in [-0.1, -0.05) is 20.8 Å². The molecule has 0 saturated carbocycles. The quantitative estimate of drug-likeness (QED) is 0.772. The molecule has 5 heteroatoms. The van der Waals surface area contributed by atoms with Crippen molar-refractivity contribution in [2.45, 2.75) is 46.7 Å². The van der Waals surface area contributed by atoms with Gasteiger partial charge in [-0.25, -0.2) is 4.79 Å². The molecule has 2 atom stereocenters. The molecule has 0 aromatic rings. The molecule has 0 heterocycles. The summed E-state index contributed by atoms with van der Waals surface area (Å²) in [4.78, 5) is 23.8. The third kappa shape index (κ3) is 4.08. The van der Waals surface area contributed by atoms with Gasteiger partial charge in [0.05, 0.1) is 0 Å².